The third-order valence-corrected chi connectivity index (χ3v) is 6.35. The van der Waals surface area contributed by atoms with E-state index in [1.807, 2.05) is 0 Å². The third-order valence-electron chi connectivity index (χ3n) is 4.44. The third kappa shape index (κ3) is 4.17. The fraction of sp³-hybridized carbons (Fsp3) is 0.562. The maximum Gasteiger partial charge on any atom is 0.243 e. The monoisotopic (exact) mass is 371 g/mol. The van der Waals surface area contributed by atoms with Gasteiger partial charge in [-0.3, -0.25) is 4.79 Å². The minimum Gasteiger partial charge on any atom is -0.378 e. The maximum absolute atomic E-state index is 13.0. The van der Waals surface area contributed by atoms with E-state index in [9.17, 15) is 17.6 Å². The Bertz CT molecular complexity index is 705. The van der Waals surface area contributed by atoms with Crippen LogP contribution in [0.4, 0.5) is 4.39 Å². The van der Waals surface area contributed by atoms with E-state index < -0.39 is 15.8 Å². The molecule has 0 bridgehead atoms. The highest BCUT2D eigenvalue weighted by molar-refractivity contribution is 7.89. The highest BCUT2D eigenvalue weighted by Crippen LogP contribution is 2.18. The molecule has 2 aliphatic rings. The Hall–Kier alpha value is -1.55. The average molecular weight is 371 g/mol. The van der Waals surface area contributed by atoms with Gasteiger partial charge in [-0.05, 0) is 30.7 Å². The van der Waals surface area contributed by atoms with Crippen LogP contribution in [-0.4, -0.2) is 75.5 Å². The van der Waals surface area contributed by atoms with Gasteiger partial charge in [0.25, 0.3) is 0 Å². The van der Waals surface area contributed by atoms with Gasteiger partial charge in [0, 0.05) is 32.7 Å². The van der Waals surface area contributed by atoms with Crippen molar-refractivity contribution in [3.63, 3.8) is 0 Å². The van der Waals surface area contributed by atoms with E-state index in [4.69, 9.17) is 4.74 Å². The largest absolute Gasteiger partial charge is 0.378 e. The van der Waals surface area contributed by atoms with E-state index in [2.05, 4.69) is 5.32 Å². The van der Waals surface area contributed by atoms with Gasteiger partial charge in [-0.1, -0.05) is 0 Å². The van der Waals surface area contributed by atoms with E-state index >= 15 is 0 Å². The van der Waals surface area contributed by atoms with E-state index in [-0.39, 0.29) is 23.4 Å². The van der Waals surface area contributed by atoms with Crippen molar-refractivity contribution < 1.29 is 22.3 Å². The van der Waals surface area contributed by atoms with Gasteiger partial charge in [0.2, 0.25) is 15.9 Å². The number of nitrogens with one attached hydrogen (secondary N) is 1. The number of sulfonamides is 1. The topological polar surface area (TPSA) is 79.0 Å². The quantitative estimate of drug-likeness (QED) is 0.812. The van der Waals surface area contributed by atoms with Crippen molar-refractivity contribution in [2.24, 2.45) is 0 Å². The second kappa shape index (κ2) is 7.77. The highest BCUT2D eigenvalue weighted by Gasteiger charge is 2.31. The molecule has 0 aromatic heterocycles. The maximum atomic E-state index is 13.0. The summed E-state index contributed by atoms with van der Waals surface area (Å²) in [6.07, 6.45) is 0.555. The first-order valence-electron chi connectivity index (χ1n) is 8.34. The van der Waals surface area contributed by atoms with Crippen LogP contribution in [0.5, 0.6) is 0 Å². The number of rotatable bonds is 3. The zero-order chi connectivity index (χ0) is 17.9. The Labute approximate surface area is 146 Å². The summed E-state index contributed by atoms with van der Waals surface area (Å²) in [5.74, 6) is -0.533. The summed E-state index contributed by atoms with van der Waals surface area (Å²) in [4.78, 5) is 14.3. The number of carbonyl (C=O) groups excluding carboxylic acids is 1. The molecule has 25 heavy (non-hydrogen) atoms. The average Bonchev–Trinajstić information content (AvgIpc) is 2.89. The molecule has 2 saturated heterocycles. The first-order valence-corrected chi connectivity index (χ1v) is 9.78. The van der Waals surface area contributed by atoms with Crippen molar-refractivity contribution >= 4 is 15.9 Å². The number of hydrogen-bond donors (Lipinski definition) is 1. The predicted molar refractivity (Wildman–Crippen MR) is 89.0 cm³/mol. The van der Waals surface area contributed by atoms with Gasteiger partial charge in [0.05, 0.1) is 18.1 Å². The molecule has 0 spiro atoms. The zero-order valence-electron chi connectivity index (χ0n) is 13.9. The molecule has 0 saturated carbocycles. The number of ether oxygens (including phenoxy) is 1. The minimum atomic E-state index is -3.69. The summed E-state index contributed by atoms with van der Waals surface area (Å²) in [5, 5.41) is 3.13. The molecular formula is C16H22FN3O4S. The summed E-state index contributed by atoms with van der Waals surface area (Å²) in [7, 11) is -3.69. The lowest BCUT2D eigenvalue weighted by atomic mass is 10.2. The molecule has 1 amide bonds. The summed E-state index contributed by atoms with van der Waals surface area (Å²) in [6, 6.07) is 4.43. The van der Waals surface area contributed by atoms with Crippen LogP contribution < -0.4 is 5.32 Å². The number of amides is 1. The minimum absolute atomic E-state index is 0.0549. The highest BCUT2D eigenvalue weighted by atomic mass is 32.2. The van der Waals surface area contributed by atoms with Crippen LogP contribution in [0.15, 0.2) is 29.2 Å². The van der Waals surface area contributed by atoms with Crippen molar-refractivity contribution in [2.75, 3.05) is 45.9 Å². The smallest absolute Gasteiger partial charge is 0.243 e. The number of halogens is 1. The molecule has 138 valence electrons. The summed E-state index contributed by atoms with van der Waals surface area (Å²) in [5.41, 5.74) is 0. The fourth-order valence-electron chi connectivity index (χ4n) is 3.05. The molecular weight excluding hydrogens is 349 g/mol. The Morgan fingerprint density at radius 1 is 1.16 bits per heavy atom. The van der Waals surface area contributed by atoms with Crippen LogP contribution in [0.2, 0.25) is 0 Å². The molecule has 1 aromatic rings. The van der Waals surface area contributed by atoms with Gasteiger partial charge in [-0.25, -0.2) is 12.8 Å². The van der Waals surface area contributed by atoms with Crippen LogP contribution in [0.3, 0.4) is 0 Å². The van der Waals surface area contributed by atoms with E-state index in [0.29, 0.717) is 45.8 Å². The Balaban J connectivity index is 1.66. The molecule has 1 aromatic carbocycles. The van der Waals surface area contributed by atoms with Crippen LogP contribution in [-0.2, 0) is 19.6 Å². The number of carbonyl (C=O) groups is 1. The van der Waals surface area contributed by atoms with Crippen LogP contribution in [0.25, 0.3) is 0 Å². The summed E-state index contributed by atoms with van der Waals surface area (Å²) in [6.45, 7) is 2.96. The molecule has 0 radical (unpaired) electrons. The number of nitrogens with zero attached hydrogens (tertiary/aromatic N) is 2. The van der Waals surface area contributed by atoms with Crippen molar-refractivity contribution in [1.29, 1.82) is 0 Å². The van der Waals surface area contributed by atoms with Crippen molar-refractivity contribution in [2.45, 2.75) is 17.4 Å². The standard InChI is InChI=1S/C16H22FN3O4S/c17-13-2-4-14(5-3-13)25(22,23)20-8-1-7-19(9-10-20)16(21)15-12-24-11-6-18-15/h2-5,15,18H,1,6-12H2. The van der Waals surface area contributed by atoms with Crippen molar-refractivity contribution in [3.8, 4) is 0 Å². The first-order chi connectivity index (χ1) is 12.0. The lowest BCUT2D eigenvalue weighted by Gasteiger charge is -2.29. The fourth-order valence-corrected chi connectivity index (χ4v) is 4.52. The summed E-state index contributed by atoms with van der Waals surface area (Å²) < 4.78 is 45.1. The van der Waals surface area contributed by atoms with Crippen LogP contribution in [0, 0.1) is 5.82 Å². The molecule has 1 unspecified atom stereocenters. The van der Waals surface area contributed by atoms with Crippen molar-refractivity contribution in [3.05, 3.63) is 30.1 Å². The van der Waals surface area contributed by atoms with Crippen LogP contribution >= 0.6 is 0 Å². The molecule has 9 heteroatoms. The van der Waals surface area contributed by atoms with Gasteiger partial charge in [-0.15, -0.1) is 0 Å². The molecule has 3 rings (SSSR count). The molecule has 2 heterocycles. The molecule has 0 aliphatic carbocycles. The van der Waals surface area contributed by atoms with E-state index in [1.54, 1.807) is 4.90 Å². The predicted octanol–water partition coefficient (Wildman–Crippen LogP) is 0.0371. The number of benzene rings is 1. The second-order valence-electron chi connectivity index (χ2n) is 6.12. The molecule has 2 aliphatic heterocycles. The van der Waals surface area contributed by atoms with Crippen LogP contribution in [0.1, 0.15) is 6.42 Å². The van der Waals surface area contributed by atoms with Gasteiger partial charge in [0.15, 0.2) is 0 Å². The van der Waals surface area contributed by atoms with E-state index in [1.165, 1.54) is 16.4 Å². The molecule has 1 atom stereocenters. The first kappa shape index (κ1) is 18.2. The lowest BCUT2D eigenvalue weighted by Crippen LogP contribution is -2.53. The van der Waals surface area contributed by atoms with Gasteiger partial charge >= 0.3 is 0 Å². The van der Waals surface area contributed by atoms with Crippen molar-refractivity contribution in [1.82, 2.24) is 14.5 Å². The zero-order valence-corrected chi connectivity index (χ0v) is 14.7. The Kier molecular flexibility index (Phi) is 5.67. The Morgan fingerprint density at radius 3 is 2.60 bits per heavy atom. The Morgan fingerprint density at radius 2 is 1.92 bits per heavy atom. The normalized spacial score (nSPS) is 23.2. The molecule has 2 fully saturated rings. The van der Waals surface area contributed by atoms with Gasteiger partial charge in [-0.2, -0.15) is 4.31 Å². The summed E-state index contributed by atoms with van der Waals surface area (Å²) >= 11 is 0. The van der Waals surface area contributed by atoms with E-state index in [0.717, 1.165) is 12.1 Å². The molecule has 1 N–H and O–H groups in total. The molecule has 7 nitrogen and oxygen atoms in total. The number of hydrogen-bond acceptors (Lipinski definition) is 5. The SMILES string of the molecule is O=C(C1COCCN1)N1CCCN(S(=O)(=O)c2ccc(F)cc2)CC1. The number of morpholine rings is 1. The second-order valence-corrected chi connectivity index (χ2v) is 8.06. The van der Waals surface area contributed by atoms with Gasteiger partial charge < -0.3 is 15.0 Å². The lowest BCUT2D eigenvalue weighted by molar-refractivity contribution is -0.136. The van der Waals surface area contributed by atoms with Gasteiger partial charge in [0.1, 0.15) is 11.9 Å².